The molecule has 8 nitrogen and oxygen atoms in total. The molecule has 0 aromatic heterocycles. The second kappa shape index (κ2) is 17.6. The van der Waals surface area contributed by atoms with E-state index in [0.717, 1.165) is 94.9 Å². The quantitative estimate of drug-likeness (QED) is 0.118. The number of aliphatic hydroxyl groups excluding tert-OH is 2. The number of unbranched alkanes of at least 4 members (excludes halogenated alkanes) is 4. The smallest absolute Gasteiger partial charge is 0.308 e. The minimum atomic E-state index is -3.21. The van der Waals surface area contributed by atoms with E-state index in [4.69, 9.17) is 9.47 Å². The second-order valence-electron chi connectivity index (χ2n) is 10.9. The van der Waals surface area contributed by atoms with Gasteiger partial charge in [0.05, 0.1) is 29.4 Å². The van der Waals surface area contributed by atoms with Crippen molar-refractivity contribution < 1.29 is 32.9 Å². The first-order valence-corrected chi connectivity index (χ1v) is 16.6. The third kappa shape index (κ3) is 10.8. The number of carbonyl (C=O) groups excluding carboxylic acids is 1. The Bertz CT molecular complexity index is 1180. The van der Waals surface area contributed by atoms with Crippen molar-refractivity contribution in [3.8, 4) is 5.75 Å². The van der Waals surface area contributed by atoms with Gasteiger partial charge in [0.25, 0.3) is 0 Å². The number of aliphatic hydroxyl groups is 2. The number of benzene rings is 2. The van der Waals surface area contributed by atoms with Crippen LogP contribution in [-0.2, 0) is 32.4 Å². The fraction of sp³-hybridized carbons (Fsp3) is 0.594. The molecule has 2 aromatic carbocycles. The lowest BCUT2D eigenvalue weighted by Gasteiger charge is -2.18. The third-order valence-corrected chi connectivity index (χ3v) is 9.93. The van der Waals surface area contributed by atoms with E-state index in [1.165, 1.54) is 6.92 Å². The average molecular weight is 590 g/mol. The van der Waals surface area contributed by atoms with Crippen molar-refractivity contribution >= 4 is 15.8 Å². The molecule has 0 saturated heterocycles. The van der Waals surface area contributed by atoms with Crippen molar-refractivity contribution in [3.05, 3.63) is 59.2 Å². The highest BCUT2D eigenvalue weighted by molar-refractivity contribution is 7.92. The average Bonchev–Trinajstić information content (AvgIpc) is 3.52. The van der Waals surface area contributed by atoms with E-state index in [-0.39, 0.29) is 24.5 Å². The number of carbonyl (C=O) groups is 1. The van der Waals surface area contributed by atoms with Crippen LogP contribution in [0.15, 0.2) is 47.4 Å². The molecule has 2 aromatic rings. The van der Waals surface area contributed by atoms with Gasteiger partial charge in [0, 0.05) is 25.7 Å². The Balaban J connectivity index is 1.23. The first kappa shape index (κ1) is 33.2. The molecule has 0 heterocycles. The summed E-state index contributed by atoms with van der Waals surface area (Å²) in [6.07, 6.45) is 10.6. The van der Waals surface area contributed by atoms with E-state index in [9.17, 15) is 23.4 Å². The highest BCUT2D eigenvalue weighted by Crippen LogP contribution is 2.30. The lowest BCUT2D eigenvalue weighted by molar-refractivity contribution is -0.131. The highest BCUT2D eigenvalue weighted by Gasteiger charge is 2.30. The van der Waals surface area contributed by atoms with Gasteiger partial charge in [-0.1, -0.05) is 50.3 Å². The predicted octanol–water partition coefficient (Wildman–Crippen LogP) is 5.04. The lowest BCUT2D eigenvalue weighted by atomic mass is 10.0. The standard InChI is InChI=1S/C32H47NO7S/c1-25(36)40-32-17-16-27(22-28(32)23-34)31(24-35)33-18-7-3-2-4-8-19-39-20-10-12-26-11-9-15-30(21-26)41(37,38)29-13-5-6-14-29/h9,11,15-17,21-22,29,31,33-35H,2-8,10,12-14,18-20,23-24H2,1H3. The summed E-state index contributed by atoms with van der Waals surface area (Å²) in [5.41, 5.74) is 2.41. The van der Waals surface area contributed by atoms with Gasteiger partial charge < -0.3 is 25.0 Å². The lowest BCUT2D eigenvalue weighted by Crippen LogP contribution is -2.25. The molecule has 1 fully saturated rings. The summed E-state index contributed by atoms with van der Waals surface area (Å²) in [4.78, 5) is 11.7. The minimum Gasteiger partial charge on any atom is -0.426 e. The van der Waals surface area contributed by atoms with E-state index in [1.807, 2.05) is 18.2 Å². The van der Waals surface area contributed by atoms with E-state index in [0.29, 0.717) is 22.8 Å². The Kier molecular flexibility index (Phi) is 14.3. The summed E-state index contributed by atoms with van der Waals surface area (Å²) in [7, 11) is -3.21. The molecular formula is C32H47NO7S. The van der Waals surface area contributed by atoms with Gasteiger partial charge >= 0.3 is 5.97 Å². The van der Waals surface area contributed by atoms with Crippen LogP contribution in [0.25, 0.3) is 0 Å². The van der Waals surface area contributed by atoms with Crippen molar-refractivity contribution in [2.45, 2.75) is 100 Å². The molecule has 1 aliphatic carbocycles. The zero-order chi connectivity index (χ0) is 29.5. The number of hydrogen-bond donors (Lipinski definition) is 3. The maximum atomic E-state index is 12.8. The zero-order valence-electron chi connectivity index (χ0n) is 24.4. The molecule has 3 N–H and O–H groups in total. The van der Waals surface area contributed by atoms with Crippen LogP contribution < -0.4 is 10.1 Å². The van der Waals surface area contributed by atoms with Crippen LogP contribution in [0.3, 0.4) is 0 Å². The summed E-state index contributed by atoms with van der Waals surface area (Å²) in [6.45, 7) is 3.17. The zero-order valence-corrected chi connectivity index (χ0v) is 25.2. The van der Waals surface area contributed by atoms with Gasteiger partial charge in [-0.05, 0) is 80.5 Å². The Morgan fingerprint density at radius 3 is 2.44 bits per heavy atom. The minimum absolute atomic E-state index is 0.0693. The Morgan fingerprint density at radius 1 is 0.976 bits per heavy atom. The molecule has 3 rings (SSSR count). The molecular weight excluding hydrogens is 542 g/mol. The Hall–Kier alpha value is -2.30. The molecule has 1 atom stereocenters. The van der Waals surface area contributed by atoms with Crippen molar-refractivity contribution in [2.24, 2.45) is 0 Å². The number of ether oxygens (including phenoxy) is 2. The van der Waals surface area contributed by atoms with Crippen LogP contribution in [0.4, 0.5) is 0 Å². The fourth-order valence-corrected chi connectivity index (χ4v) is 7.29. The Labute approximate surface area is 245 Å². The monoisotopic (exact) mass is 589 g/mol. The number of hydrogen-bond acceptors (Lipinski definition) is 8. The van der Waals surface area contributed by atoms with E-state index < -0.39 is 15.8 Å². The summed E-state index contributed by atoms with van der Waals surface area (Å²) in [5, 5.41) is 22.6. The maximum Gasteiger partial charge on any atom is 0.308 e. The van der Waals surface area contributed by atoms with Crippen LogP contribution in [-0.4, -0.2) is 56.2 Å². The Morgan fingerprint density at radius 2 is 1.71 bits per heavy atom. The molecule has 0 radical (unpaired) electrons. The van der Waals surface area contributed by atoms with Crippen molar-refractivity contribution in [1.29, 1.82) is 0 Å². The fourth-order valence-electron chi connectivity index (χ4n) is 5.37. The van der Waals surface area contributed by atoms with Crippen molar-refractivity contribution in [3.63, 3.8) is 0 Å². The summed E-state index contributed by atoms with van der Waals surface area (Å²) in [6, 6.07) is 12.4. The normalized spacial score (nSPS) is 14.8. The number of nitrogens with one attached hydrogen (secondary N) is 1. The van der Waals surface area contributed by atoms with Gasteiger partial charge in [0.1, 0.15) is 5.75 Å². The summed E-state index contributed by atoms with van der Waals surface area (Å²) in [5.74, 6) is -0.107. The van der Waals surface area contributed by atoms with Crippen LogP contribution in [0.2, 0.25) is 0 Å². The molecule has 0 aliphatic heterocycles. The summed E-state index contributed by atoms with van der Waals surface area (Å²) < 4.78 is 36.6. The van der Waals surface area contributed by atoms with Gasteiger partial charge in [-0.3, -0.25) is 4.79 Å². The van der Waals surface area contributed by atoms with E-state index in [1.54, 1.807) is 24.3 Å². The topological polar surface area (TPSA) is 122 Å². The van der Waals surface area contributed by atoms with Gasteiger partial charge in [-0.15, -0.1) is 0 Å². The SMILES string of the molecule is CC(=O)Oc1ccc(C(CO)NCCCCCCCOCCCc2cccc(S(=O)(=O)C3CCCC3)c2)cc1CO. The number of aryl methyl sites for hydroxylation is 1. The van der Waals surface area contributed by atoms with Crippen LogP contribution in [0.1, 0.15) is 93.9 Å². The van der Waals surface area contributed by atoms with E-state index in [2.05, 4.69) is 5.32 Å². The molecule has 1 aliphatic rings. The van der Waals surface area contributed by atoms with Crippen LogP contribution >= 0.6 is 0 Å². The second-order valence-corrected chi connectivity index (χ2v) is 13.1. The predicted molar refractivity (Wildman–Crippen MR) is 160 cm³/mol. The van der Waals surface area contributed by atoms with Crippen LogP contribution in [0, 0.1) is 0 Å². The van der Waals surface area contributed by atoms with Crippen LogP contribution in [0.5, 0.6) is 5.75 Å². The maximum absolute atomic E-state index is 12.8. The molecule has 228 valence electrons. The molecule has 1 unspecified atom stereocenters. The highest BCUT2D eigenvalue weighted by atomic mass is 32.2. The van der Waals surface area contributed by atoms with Crippen molar-refractivity contribution in [2.75, 3.05) is 26.4 Å². The van der Waals surface area contributed by atoms with Gasteiger partial charge in [-0.2, -0.15) is 0 Å². The van der Waals surface area contributed by atoms with Gasteiger partial charge in [-0.25, -0.2) is 8.42 Å². The third-order valence-electron chi connectivity index (χ3n) is 7.67. The van der Waals surface area contributed by atoms with Crippen molar-refractivity contribution in [1.82, 2.24) is 5.32 Å². The number of sulfone groups is 1. The molecule has 0 spiro atoms. The first-order valence-electron chi connectivity index (χ1n) is 15.0. The van der Waals surface area contributed by atoms with Gasteiger partial charge in [0.2, 0.25) is 0 Å². The molecule has 1 saturated carbocycles. The molecule has 41 heavy (non-hydrogen) atoms. The summed E-state index contributed by atoms with van der Waals surface area (Å²) >= 11 is 0. The first-order chi connectivity index (χ1) is 19.8. The number of esters is 1. The largest absolute Gasteiger partial charge is 0.426 e. The van der Waals surface area contributed by atoms with Gasteiger partial charge in [0.15, 0.2) is 9.84 Å². The molecule has 0 bridgehead atoms. The van der Waals surface area contributed by atoms with E-state index >= 15 is 0 Å². The molecule has 0 amide bonds. The number of rotatable bonds is 19. The molecule has 9 heteroatoms.